The van der Waals surface area contributed by atoms with Crippen molar-refractivity contribution in [3.63, 3.8) is 0 Å². The van der Waals surface area contributed by atoms with Crippen molar-refractivity contribution in [3.8, 4) is 5.75 Å². The Labute approximate surface area is 88.1 Å². The molecule has 0 bridgehead atoms. The Morgan fingerprint density at radius 1 is 1.53 bits per heavy atom. The number of halogens is 1. The molecule has 1 aromatic rings. The number of hydrogen-bond acceptors (Lipinski definition) is 3. The van der Waals surface area contributed by atoms with Crippen LogP contribution in [0, 0.1) is 5.82 Å². The third-order valence-electron chi connectivity index (χ3n) is 2.52. The third kappa shape index (κ3) is 2.11. The molecule has 1 aliphatic rings. The fourth-order valence-electron chi connectivity index (χ4n) is 1.77. The molecule has 0 unspecified atom stereocenters. The first kappa shape index (κ1) is 10.4. The van der Waals surface area contributed by atoms with Gasteiger partial charge in [0.1, 0.15) is 11.6 Å². The van der Waals surface area contributed by atoms with Crippen LogP contribution in [0.4, 0.5) is 4.39 Å². The third-order valence-corrected chi connectivity index (χ3v) is 2.52. The lowest BCUT2D eigenvalue weighted by Gasteiger charge is -2.20. The summed E-state index contributed by atoms with van der Waals surface area (Å²) in [5, 5.41) is 0. The van der Waals surface area contributed by atoms with E-state index in [2.05, 4.69) is 5.48 Å². The van der Waals surface area contributed by atoms with Gasteiger partial charge in [-0.2, -0.15) is 5.48 Å². The number of rotatable bonds is 3. The van der Waals surface area contributed by atoms with Gasteiger partial charge in [0.25, 0.3) is 0 Å². The maximum atomic E-state index is 13.5. The Balaban J connectivity index is 2.32. The maximum absolute atomic E-state index is 13.5. The lowest BCUT2D eigenvalue weighted by atomic mass is 10.0. The Bertz CT molecular complexity index is 355. The molecule has 0 saturated carbocycles. The average Bonchev–Trinajstić information content (AvgIpc) is 2.28. The van der Waals surface area contributed by atoms with Crippen molar-refractivity contribution in [1.82, 2.24) is 5.48 Å². The predicted molar refractivity (Wildman–Crippen MR) is 54.1 cm³/mol. The first-order valence-electron chi connectivity index (χ1n) is 5.02. The lowest BCUT2D eigenvalue weighted by molar-refractivity contribution is 0.0848. The van der Waals surface area contributed by atoms with Crippen LogP contribution in [0.25, 0.3) is 0 Å². The second-order valence-corrected chi connectivity index (χ2v) is 3.49. The highest BCUT2D eigenvalue weighted by atomic mass is 19.1. The SMILES string of the molecule is CONCc1c(F)ccc2c1OCCC2. The van der Waals surface area contributed by atoms with Crippen LogP contribution in [0.1, 0.15) is 17.5 Å². The molecule has 82 valence electrons. The minimum absolute atomic E-state index is 0.250. The Kier molecular flexibility index (Phi) is 3.18. The van der Waals surface area contributed by atoms with E-state index in [1.165, 1.54) is 13.2 Å². The van der Waals surface area contributed by atoms with Gasteiger partial charge in [0.05, 0.1) is 20.3 Å². The van der Waals surface area contributed by atoms with Crippen molar-refractivity contribution in [3.05, 3.63) is 29.1 Å². The fraction of sp³-hybridized carbons (Fsp3) is 0.455. The second kappa shape index (κ2) is 4.59. The molecule has 3 nitrogen and oxygen atoms in total. The summed E-state index contributed by atoms with van der Waals surface area (Å²) in [5.74, 6) is 0.436. The van der Waals surface area contributed by atoms with Crippen LogP contribution in [-0.2, 0) is 17.8 Å². The molecule has 0 amide bonds. The Morgan fingerprint density at radius 3 is 3.20 bits per heavy atom. The summed E-state index contributed by atoms with van der Waals surface area (Å²) in [7, 11) is 1.51. The minimum Gasteiger partial charge on any atom is -0.493 e. The van der Waals surface area contributed by atoms with E-state index in [1.807, 2.05) is 0 Å². The van der Waals surface area contributed by atoms with Crippen molar-refractivity contribution in [2.45, 2.75) is 19.4 Å². The molecule has 15 heavy (non-hydrogen) atoms. The first-order chi connectivity index (χ1) is 7.33. The number of ether oxygens (including phenoxy) is 1. The normalized spacial score (nSPS) is 14.5. The number of hydrogen-bond donors (Lipinski definition) is 1. The molecule has 1 aliphatic heterocycles. The molecule has 0 radical (unpaired) electrons. The van der Waals surface area contributed by atoms with Gasteiger partial charge >= 0.3 is 0 Å². The summed E-state index contributed by atoms with van der Waals surface area (Å²) < 4.78 is 19.0. The molecule has 0 spiro atoms. The van der Waals surface area contributed by atoms with Crippen molar-refractivity contribution in [2.24, 2.45) is 0 Å². The number of aryl methyl sites for hydroxylation is 1. The maximum Gasteiger partial charge on any atom is 0.131 e. The zero-order chi connectivity index (χ0) is 10.7. The van der Waals surface area contributed by atoms with E-state index in [4.69, 9.17) is 9.57 Å². The summed E-state index contributed by atoms with van der Waals surface area (Å²) >= 11 is 0. The zero-order valence-corrected chi connectivity index (χ0v) is 8.68. The number of hydroxylamine groups is 1. The molecular weight excluding hydrogens is 197 g/mol. The van der Waals surface area contributed by atoms with Crippen LogP contribution >= 0.6 is 0 Å². The summed E-state index contributed by atoms with van der Waals surface area (Å²) in [6.07, 6.45) is 1.95. The zero-order valence-electron chi connectivity index (χ0n) is 8.68. The van der Waals surface area contributed by atoms with Gasteiger partial charge in [-0.1, -0.05) is 6.07 Å². The van der Waals surface area contributed by atoms with E-state index >= 15 is 0 Å². The first-order valence-corrected chi connectivity index (χ1v) is 5.02. The van der Waals surface area contributed by atoms with E-state index in [0.29, 0.717) is 24.5 Å². The van der Waals surface area contributed by atoms with E-state index in [0.717, 1.165) is 18.4 Å². The van der Waals surface area contributed by atoms with Gasteiger partial charge in [0.2, 0.25) is 0 Å². The van der Waals surface area contributed by atoms with Gasteiger partial charge in [-0.25, -0.2) is 4.39 Å². The van der Waals surface area contributed by atoms with Gasteiger partial charge < -0.3 is 9.57 Å². The fourth-order valence-corrected chi connectivity index (χ4v) is 1.77. The van der Waals surface area contributed by atoms with Crippen LogP contribution in [0.3, 0.4) is 0 Å². The molecule has 1 N–H and O–H groups in total. The van der Waals surface area contributed by atoms with Crippen molar-refractivity contribution >= 4 is 0 Å². The van der Waals surface area contributed by atoms with Gasteiger partial charge in [0.15, 0.2) is 0 Å². The molecule has 4 heteroatoms. The molecule has 2 rings (SSSR count). The quantitative estimate of drug-likeness (QED) is 0.773. The largest absolute Gasteiger partial charge is 0.493 e. The highest BCUT2D eigenvalue weighted by Crippen LogP contribution is 2.30. The average molecular weight is 211 g/mol. The molecule has 0 fully saturated rings. The molecule has 1 aromatic carbocycles. The molecule has 0 atom stereocenters. The summed E-state index contributed by atoms with van der Waals surface area (Å²) in [6.45, 7) is 0.988. The van der Waals surface area contributed by atoms with E-state index < -0.39 is 0 Å². The lowest BCUT2D eigenvalue weighted by Crippen LogP contribution is -2.17. The second-order valence-electron chi connectivity index (χ2n) is 3.49. The Morgan fingerprint density at radius 2 is 2.40 bits per heavy atom. The van der Waals surface area contributed by atoms with E-state index in [-0.39, 0.29) is 5.82 Å². The number of benzene rings is 1. The topological polar surface area (TPSA) is 30.5 Å². The van der Waals surface area contributed by atoms with Crippen LogP contribution < -0.4 is 10.2 Å². The smallest absolute Gasteiger partial charge is 0.131 e. The van der Waals surface area contributed by atoms with E-state index in [9.17, 15) is 4.39 Å². The molecular formula is C11H14FNO2. The predicted octanol–water partition coefficient (Wildman–Crippen LogP) is 1.80. The molecule has 0 aromatic heterocycles. The standard InChI is InChI=1S/C11H14FNO2/c1-14-13-7-9-10(12)5-4-8-3-2-6-15-11(8)9/h4-5,13H,2-3,6-7H2,1H3. The molecule has 0 saturated heterocycles. The Hall–Kier alpha value is -1.13. The summed E-state index contributed by atoms with van der Waals surface area (Å²) in [5.41, 5.74) is 4.26. The summed E-state index contributed by atoms with van der Waals surface area (Å²) in [4.78, 5) is 4.72. The van der Waals surface area contributed by atoms with E-state index in [1.54, 1.807) is 6.07 Å². The van der Waals surface area contributed by atoms with Gasteiger partial charge in [-0.15, -0.1) is 0 Å². The highest BCUT2D eigenvalue weighted by molar-refractivity contribution is 5.43. The number of nitrogens with one attached hydrogen (secondary N) is 1. The van der Waals surface area contributed by atoms with Gasteiger partial charge in [-0.3, -0.25) is 0 Å². The number of fused-ring (bicyclic) bond motifs is 1. The van der Waals surface area contributed by atoms with Crippen LogP contribution in [0.15, 0.2) is 12.1 Å². The summed E-state index contributed by atoms with van der Waals surface area (Å²) in [6, 6.07) is 3.28. The van der Waals surface area contributed by atoms with Crippen LogP contribution in [0.2, 0.25) is 0 Å². The van der Waals surface area contributed by atoms with Crippen LogP contribution in [-0.4, -0.2) is 13.7 Å². The highest BCUT2D eigenvalue weighted by Gasteiger charge is 2.17. The van der Waals surface area contributed by atoms with Gasteiger partial charge in [-0.05, 0) is 24.5 Å². The molecule has 0 aliphatic carbocycles. The minimum atomic E-state index is -0.250. The van der Waals surface area contributed by atoms with Crippen molar-refractivity contribution in [2.75, 3.05) is 13.7 Å². The monoisotopic (exact) mass is 211 g/mol. The van der Waals surface area contributed by atoms with Crippen molar-refractivity contribution < 1.29 is 14.0 Å². The van der Waals surface area contributed by atoms with Crippen molar-refractivity contribution in [1.29, 1.82) is 0 Å². The molecule has 1 heterocycles. The van der Waals surface area contributed by atoms with Crippen LogP contribution in [0.5, 0.6) is 5.75 Å². The van der Waals surface area contributed by atoms with Gasteiger partial charge in [0, 0.05) is 5.56 Å².